The molecule has 0 radical (unpaired) electrons. The lowest BCUT2D eigenvalue weighted by Crippen LogP contribution is -2.03. The molecular weight excluding hydrogens is 1600 g/mol. The van der Waals surface area contributed by atoms with Crippen LogP contribution in [-0.2, 0) is 0 Å². The number of hydrogen-bond acceptors (Lipinski definition) is 8. The fourth-order valence-electron chi connectivity index (χ4n) is 19.6. The highest BCUT2D eigenvalue weighted by Crippen LogP contribution is 2.46. The van der Waals surface area contributed by atoms with E-state index < -0.39 is 0 Å². The van der Waals surface area contributed by atoms with Gasteiger partial charge in [-0.05, 0) is 126 Å². The standard InChI is InChI=1S/C40H25N5.2C40H25N3/c1-3-13-28(14-4-1)38-42-39(29-15-5-2-6-16-29)44-40(43-38)30-21-24-35(41-25-30)45-34-23-20-26-11-7-9-17-31(26)36(34)33-22-19-27-12-8-10-18-32(27)37(33)45;1-2-12-28(13-3-1)38-33-16-8-9-17-35(33)41-40(42-38)29-18-22-30(23-19-29)43-36-25-21-26-10-4-6-14-31(26)37(36)34-24-20-27-11-5-7-15-32(27)39(34)43;1-2-10-26(11-3-1)27-18-20-30(21-19-27)38-33-16-8-9-17-35(33)41-40(42-38)43-36-25-23-28-12-4-6-14-31(28)37(36)34-24-22-29-13-5-7-15-32(29)39(34)43/h1-25H;2*1-25H. The Bertz CT molecular complexity index is 9140. The molecule has 610 valence electrons. The molecule has 0 unspecified atom stereocenters. The van der Waals surface area contributed by atoms with Gasteiger partial charge < -0.3 is 4.57 Å². The number of benzene rings is 20. The summed E-state index contributed by atoms with van der Waals surface area (Å²) in [7, 11) is 0. The van der Waals surface area contributed by atoms with E-state index in [1.807, 2.05) is 91.1 Å². The van der Waals surface area contributed by atoms with Gasteiger partial charge in [0.25, 0.3) is 0 Å². The predicted molar refractivity (Wildman–Crippen MR) is 543 cm³/mol. The van der Waals surface area contributed by atoms with Crippen LogP contribution in [0.3, 0.4) is 0 Å². The summed E-state index contributed by atoms with van der Waals surface area (Å²) >= 11 is 0. The van der Waals surface area contributed by atoms with Crippen LogP contribution >= 0.6 is 0 Å². The molecule has 7 heterocycles. The van der Waals surface area contributed by atoms with Crippen molar-refractivity contribution in [1.82, 2.24) is 53.6 Å². The van der Waals surface area contributed by atoms with E-state index in [1.165, 1.54) is 119 Å². The van der Waals surface area contributed by atoms with Gasteiger partial charge in [-0.15, -0.1) is 0 Å². The quantitative estimate of drug-likeness (QED) is 0.133. The molecule has 0 atom stereocenters. The van der Waals surface area contributed by atoms with Crippen LogP contribution in [0.5, 0.6) is 0 Å². The Kier molecular flexibility index (Phi) is 18.3. The highest BCUT2D eigenvalue weighted by atomic mass is 15.2. The lowest BCUT2D eigenvalue weighted by atomic mass is 10.0. The van der Waals surface area contributed by atoms with Crippen molar-refractivity contribution in [2.45, 2.75) is 0 Å². The molecule has 0 aliphatic rings. The Morgan fingerprint density at radius 2 is 0.473 bits per heavy atom. The highest BCUT2D eigenvalue weighted by molar-refractivity contribution is 6.29. The van der Waals surface area contributed by atoms with Crippen molar-refractivity contribution < 1.29 is 0 Å². The van der Waals surface area contributed by atoms with E-state index in [4.69, 9.17) is 39.9 Å². The summed E-state index contributed by atoms with van der Waals surface area (Å²) in [5.41, 5.74) is 20.0. The van der Waals surface area contributed by atoms with Crippen LogP contribution in [0.25, 0.3) is 249 Å². The van der Waals surface area contributed by atoms with Crippen molar-refractivity contribution in [3.05, 3.63) is 455 Å². The van der Waals surface area contributed by atoms with E-state index in [2.05, 4.69) is 378 Å². The Morgan fingerprint density at radius 3 is 0.939 bits per heavy atom. The van der Waals surface area contributed by atoms with Gasteiger partial charge in [0.2, 0.25) is 5.95 Å². The fraction of sp³-hybridized carbons (Fsp3) is 0. The number of nitrogens with zero attached hydrogens (tertiary/aromatic N) is 11. The minimum absolute atomic E-state index is 0.584. The molecule has 11 heteroatoms. The second-order valence-corrected chi connectivity index (χ2v) is 33.2. The minimum Gasteiger partial charge on any atom is -0.309 e. The van der Waals surface area contributed by atoms with Crippen LogP contribution in [0.15, 0.2) is 455 Å². The lowest BCUT2D eigenvalue weighted by molar-refractivity contribution is 1.02. The first kappa shape index (κ1) is 75.7. The van der Waals surface area contributed by atoms with Gasteiger partial charge in [-0.25, -0.2) is 39.9 Å². The van der Waals surface area contributed by atoms with Crippen LogP contribution in [-0.4, -0.2) is 53.6 Å². The van der Waals surface area contributed by atoms with Crippen LogP contribution in [0.2, 0.25) is 0 Å². The van der Waals surface area contributed by atoms with Crippen LogP contribution in [0, 0.1) is 0 Å². The van der Waals surface area contributed by atoms with Gasteiger partial charge in [-0.3, -0.25) is 9.13 Å². The number of fused-ring (bicyclic) bond motifs is 23. The van der Waals surface area contributed by atoms with E-state index in [0.29, 0.717) is 23.4 Å². The maximum absolute atomic E-state index is 5.36. The molecular formula is C120H75N11. The number of para-hydroxylation sites is 2. The van der Waals surface area contributed by atoms with E-state index in [0.717, 1.165) is 106 Å². The SMILES string of the molecule is c1ccc(-c2ccc(-c3nc(-n4c5ccc6ccccc6c5c5ccc6ccccc6c54)nc4ccccc34)cc2)cc1.c1ccc(-c2nc(-c3ccc(-n4c5ccc6ccccc6c5c5ccc6ccccc6c54)cc3)nc3ccccc23)cc1.c1ccc(-c2nc(-c3ccccc3)nc(-c3ccc(-n4c5ccc6ccccc6c5c5ccc6ccccc6c54)nc3)n2)cc1. The number of aromatic nitrogens is 11. The molecule has 27 rings (SSSR count). The average molecular weight is 1670 g/mol. The van der Waals surface area contributed by atoms with Crippen molar-refractivity contribution in [3.8, 4) is 96.6 Å². The molecule has 131 heavy (non-hydrogen) atoms. The largest absolute Gasteiger partial charge is 0.309 e. The Balaban J connectivity index is 0.000000106. The van der Waals surface area contributed by atoms with Crippen molar-refractivity contribution in [2.75, 3.05) is 0 Å². The highest BCUT2D eigenvalue weighted by Gasteiger charge is 2.25. The van der Waals surface area contributed by atoms with Crippen molar-refractivity contribution in [2.24, 2.45) is 0 Å². The van der Waals surface area contributed by atoms with Gasteiger partial charge in [0.15, 0.2) is 23.3 Å². The van der Waals surface area contributed by atoms with Gasteiger partial charge in [0.05, 0.1) is 55.5 Å². The topological polar surface area (TPSA) is 118 Å². The molecule has 0 spiro atoms. The van der Waals surface area contributed by atoms with Gasteiger partial charge in [-0.1, -0.05) is 382 Å². The molecule has 0 aliphatic heterocycles. The third kappa shape index (κ3) is 13.1. The molecule has 0 fully saturated rings. The summed E-state index contributed by atoms with van der Waals surface area (Å²) in [5, 5.41) is 24.2. The molecule has 0 amide bonds. The second kappa shape index (κ2) is 31.7. The summed E-state index contributed by atoms with van der Waals surface area (Å²) in [6.07, 6.45) is 1.87. The average Bonchev–Trinajstić information content (AvgIpc) is 1.57. The zero-order chi connectivity index (χ0) is 86.4. The summed E-state index contributed by atoms with van der Waals surface area (Å²) in [6.45, 7) is 0. The smallest absolute Gasteiger partial charge is 0.235 e. The van der Waals surface area contributed by atoms with Gasteiger partial charge in [-0.2, -0.15) is 0 Å². The summed E-state index contributed by atoms with van der Waals surface area (Å²) in [6, 6.07) is 158. The fourth-order valence-corrected chi connectivity index (χ4v) is 19.6. The Hall–Kier alpha value is -17.8. The van der Waals surface area contributed by atoms with Crippen LogP contribution in [0.1, 0.15) is 0 Å². The first-order chi connectivity index (χ1) is 65.0. The minimum atomic E-state index is 0.584. The number of rotatable bonds is 10. The first-order valence-electron chi connectivity index (χ1n) is 44.2. The second-order valence-electron chi connectivity index (χ2n) is 33.2. The molecule has 20 aromatic carbocycles. The van der Waals surface area contributed by atoms with Gasteiger partial charge in [0, 0.05) is 105 Å². The van der Waals surface area contributed by atoms with E-state index in [-0.39, 0.29) is 0 Å². The molecule has 7 aromatic heterocycles. The first-order valence-corrected chi connectivity index (χ1v) is 44.2. The number of pyridine rings is 1. The van der Waals surface area contributed by atoms with E-state index in [9.17, 15) is 0 Å². The normalized spacial score (nSPS) is 11.7. The lowest BCUT2D eigenvalue weighted by Gasteiger charge is -2.13. The predicted octanol–water partition coefficient (Wildman–Crippen LogP) is 30.4. The molecule has 0 aliphatic carbocycles. The number of hydrogen-bond donors (Lipinski definition) is 0. The Labute approximate surface area is 752 Å². The van der Waals surface area contributed by atoms with Gasteiger partial charge in [0.1, 0.15) is 5.82 Å². The molecule has 27 aromatic rings. The molecule has 0 bridgehead atoms. The summed E-state index contributed by atoms with van der Waals surface area (Å²) in [4.78, 5) is 40.3. The Morgan fingerprint density at radius 1 is 0.168 bits per heavy atom. The maximum Gasteiger partial charge on any atom is 0.235 e. The maximum atomic E-state index is 5.36. The van der Waals surface area contributed by atoms with Crippen LogP contribution in [0.4, 0.5) is 0 Å². The van der Waals surface area contributed by atoms with Crippen molar-refractivity contribution in [1.29, 1.82) is 0 Å². The van der Waals surface area contributed by atoms with Gasteiger partial charge >= 0.3 is 0 Å². The van der Waals surface area contributed by atoms with Crippen molar-refractivity contribution >= 4 is 152 Å². The summed E-state index contributed by atoms with van der Waals surface area (Å²) in [5.74, 6) is 4.08. The third-order valence-corrected chi connectivity index (χ3v) is 25.6. The monoisotopic (exact) mass is 1670 g/mol. The van der Waals surface area contributed by atoms with E-state index in [1.54, 1.807) is 0 Å². The van der Waals surface area contributed by atoms with E-state index >= 15 is 0 Å². The molecule has 0 saturated carbocycles. The summed E-state index contributed by atoms with van der Waals surface area (Å²) < 4.78 is 6.98. The third-order valence-electron chi connectivity index (χ3n) is 25.6. The van der Waals surface area contributed by atoms with Crippen molar-refractivity contribution in [3.63, 3.8) is 0 Å². The molecule has 11 nitrogen and oxygen atoms in total. The zero-order valence-corrected chi connectivity index (χ0v) is 70.7. The van der Waals surface area contributed by atoms with Crippen LogP contribution < -0.4 is 0 Å². The molecule has 0 N–H and O–H groups in total. The molecule has 0 saturated heterocycles. The zero-order valence-electron chi connectivity index (χ0n) is 70.7.